The quantitative estimate of drug-likeness (QED) is 0.824. The van der Waals surface area contributed by atoms with Crippen LogP contribution in [0.3, 0.4) is 0 Å². The summed E-state index contributed by atoms with van der Waals surface area (Å²) < 4.78 is 11.5. The van der Waals surface area contributed by atoms with Gasteiger partial charge >= 0.3 is 0 Å². The fourth-order valence-electron chi connectivity index (χ4n) is 4.54. The number of methoxy groups -OCH3 is 1. The van der Waals surface area contributed by atoms with Crippen molar-refractivity contribution in [2.75, 3.05) is 32.1 Å². The van der Waals surface area contributed by atoms with Crippen LogP contribution in [0.25, 0.3) is 0 Å². The standard InChI is InChI=1S/C24H26N2O4/c1-29-20-13-18-19(14-21(20)30-15-16-7-8-16)25-23(28)24(18)9-11-26(12-10-24)22(27)17-5-3-2-4-6-17/h2-6,13-14,16H,7-12,15H2,1H3,(H,25,28). The van der Waals surface area contributed by atoms with E-state index in [0.29, 0.717) is 55.5 Å². The van der Waals surface area contributed by atoms with Gasteiger partial charge in [0.25, 0.3) is 5.91 Å². The van der Waals surface area contributed by atoms with Gasteiger partial charge in [0.2, 0.25) is 5.91 Å². The zero-order valence-electron chi connectivity index (χ0n) is 17.1. The van der Waals surface area contributed by atoms with Crippen molar-refractivity contribution < 1.29 is 19.1 Å². The summed E-state index contributed by atoms with van der Waals surface area (Å²) >= 11 is 0. The highest BCUT2D eigenvalue weighted by molar-refractivity contribution is 6.07. The van der Waals surface area contributed by atoms with Gasteiger partial charge in [-0.15, -0.1) is 0 Å². The van der Waals surface area contributed by atoms with E-state index in [0.717, 1.165) is 11.3 Å². The van der Waals surface area contributed by atoms with Gasteiger partial charge in [0.05, 0.1) is 19.1 Å². The summed E-state index contributed by atoms with van der Waals surface area (Å²) in [5, 5.41) is 3.05. The molecule has 1 spiro atoms. The van der Waals surface area contributed by atoms with E-state index in [1.165, 1.54) is 12.8 Å². The zero-order valence-corrected chi connectivity index (χ0v) is 17.1. The lowest BCUT2D eigenvalue weighted by Gasteiger charge is -2.38. The third kappa shape index (κ3) is 3.20. The second-order valence-electron chi connectivity index (χ2n) is 8.50. The number of ether oxygens (including phenoxy) is 2. The van der Waals surface area contributed by atoms with Crippen LogP contribution in [0.15, 0.2) is 42.5 Å². The Morgan fingerprint density at radius 3 is 2.53 bits per heavy atom. The maximum absolute atomic E-state index is 13.0. The summed E-state index contributed by atoms with van der Waals surface area (Å²) in [6.07, 6.45) is 3.61. The number of nitrogens with zero attached hydrogens (tertiary/aromatic N) is 1. The molecule has 0 unspecified atom stereocenters. The van der Waals surface area contributed by atoms with Crippen molar-refractivity contribution in [1.29, 1.82) is 0 Å². The molecule has 2 aliphatic heterocycles. The minimum absolute atomic E-state index is 0.00528. The Balaban J connectivity index is 1.37. The van der Waals surface area contributed by atoms with Crippen molar-refractivity contribution in [2.24, 2.45) is 5.92 Å². The summed E-state index contributed by atoms with van der Waals surface area (Å²) in [6.45, 7) is 1.77. The molecular weight excluding hydrogens is 380 g/mol. The Kier molecular flexibility index (Phi) is 4.65. The van der Waals surface area contributed by atoms with Crippen molar-refractivity contribution in [2.45, 2.75) is 31.1 Å². The van der Waals surface area contributed by atoms with Crippen LogP contribution >= 0.6 is 0 Å². The van der Waals surface area contributed by atoms with Crippen LogP contribution in [0.2, 0.25) is 0 Å². The van der Waals surface area contributed by atoms with Crippen LogP contribution in [-0.2, 0) is 10.2 Å². The van der Waals surface area contributed by atoms with Crippen molar-refractivity contribution in [3.05, 3.63) is 53.6 Å². The molecule has 1 saturated heterocycles. The highest BCUT2D eigenvalue weighted by atomic mass is 16.5. The number of fused-ring (bicyclic) bond motifs is 2. The van der Waals surface area contributed by atoms with Gasteiger partial charge in [-0.25, -0.2) is 0 Å². The number of likely N-dealkylation sites (tertiary alicyclic amines) is 1. The predicted molar refractivity (Wildman–Crippen MR) is 113 cm³/mol. The first-order valence-electron chi connectivity index (χ1n) is 10.6. The number of benzene rings is 2. The Labute approximate surface area is 176 Å². The summed E-state index contributed by atoms with van der Waals surface area (Å²) in [5.74, 6) is 2.00. The van der Waals surface area contributed by atoms with E-state index in [9.17, 15) is 9.59 Å². The molecule has 1 aliphatic carbocycles. The maximum Gasteiger partial charge on any atom is 0.253 e. The number of amides is 2. The van der Waals surface area contributed by atoms with Crippen LogP contribution in [0, 0.1) is 5.92 Å². The predicted octanol–water partition coefficient (Wildman–Crippen LogP) is 3.61. The van der Waals surface area contributed by atoms with Crippen molar-refractivity contribution >= 4 is 17.5 Å². The van der Waals surface area contributed by atoms with Crippen molar-refractivity contribution in [1.82, 2.24) is 4.90 Å². The van der Waals surface area contributed by atoms with E-state index in [-0.39, 0.29) is 11.8 Å². The van der Waals surface area contributed by atoms with Gasteiger partial charge in [-0.05, 0) is 55.4 Å². The van der Waals surface area contributed by atoms with Gasteiger partial charge < -0.3 is 19.7 Å². The normalized spacial score (nSPS) is 19.4. The molecule has 5 rings (SSSR count). The highest BCUT2D eigenvalue weighted by Crippen LogP contribution is 2.49. The maximum atomic E-state index is 13.0. The number of hydrogen-bond acceptors (Lipinski definition) is 4. The molecule has 6 heteroatoms. The number of rotatable bonds is 5. The summed E-state index contributed by atoms with van der Waals surface area (Å²) in [6, 6.07) is 13.1. The minimum atomic E-state index is -0.620. The van der Waals surface area contributed by atoms with Crippen LogP contribution in [0.4, 0.5) is 5.69 Å². The monoisotopic (exact) mass is 406 g/mol. The first-order chi connectivity index (χ1) is 14.6. The second kappa shape index (κ2) is 7.35. The fraction of sp³-hybridized carbons (Fsp3) is 0.417. The molecular formula is C24H26N2O4. The Hall–Kier alpha value is -3.02. The number of carbonyl (C=O) groups excluding carboxylic acids is 2. The zero-order chi connectivity index (χ0) is 20.7. The van der Waals surface area contributed by atoms with Crippen LogP contribution < -0.4 is 14.8 Å². The van der Waals surface area contributed by atoms with E-state index < -0.39 is 5.41 Å². The van der Waals surface area contributed by atoms with E-state index >= 15 is 0 Å². The molecule has 156 valence electrons. The van der Waals surface area contributed by atoms with Gasteiger partial charge in [-0.1, -0.05) is 18.2 Å². The van der Waals surface area contributed by atoms with Gasteiger partial charge in [-0.3, -0.25) is 9.59 Å². The lowest BCUT2D eigenvalue weighted by atomic mass is 9.73. The SMILES string of the molecule is COc1cc2c(cc1OCC1CC1)NC(=O)C21CCN(C(=O)c2ccccc2)CC1. The molecule has 30 heavy (non-hydrogen) atoms. The molecule has 0 atom stereocenters. The van der Waals surface area contributed by atoms with Crippen molar-refractivity contribution in [3.63, 3.8) is 0 Å². The Morgan fingerprint density at radius 2 is 1.87 bits per heavy atom. The van der Waals surface area contributed by atoms with E-state index in [2.05, 4.69) is 5.32 Å². The average Bonchev–Trinajstić information content (AvgIpc) is 3.58. The molecule has 0 bridgehead atoms. The third-order valence-electron chi connectivity index (χ3n) is 6.60. The number of piperidine rings is 1. The first-order valence-corrected chi connectivity index (χ1v) is 10.6. The van der Waals surface area contributed by atoms with Crippen molar-refractivity contribution in [3.8, 4) is 11.5 Å². The number of carbonyl (C=O) groups is 2. The minimum Gasteiger partial charge on any atom is -0.493 e. The molecule has 0 aromatic heterocycles. The molecule has 3 aliphatic rings. The second-order valence-corrected chi connectivity index (χ2v) is 8.50. The summed E-state index contributed by atoms with van der Waals surface area (Å²) in [5.41, 5.74) is 1.82. The molecule has 0 radical (unpaired) electrons. The van der Waals surface area contributed by atoms with Gasteiger partial charge in [0.1, 0.15) is 0 Å². The van der Waals surface area contributed by atoms with E-state index in [1.54, 1.807) is 7.11 Å². The molecule has 1 N–H and O–H groups in total. The van der Waals surface area contributed by atoms with Gasteiger partial charge in [0.15, 0.2) is 11.5 Å². The Bertz CT molecular complexity index is 976. The lowest BCUT2D eigenvalue weighted by molar-refractivity contribution is -0.122. The number of nitrogens with one attached hydrogen (secondary N) is 1. The largest absolute Gasteiger partial charge is 0.493 e. The molecule has 1 saturated carbocycles. The summed E-state index contributed by atoms with van der Waals surface area (Å²) in [7, 11) is 1.63. The third-order valence-corrected chi connectivity index (χ3v) is 6.60. The molecule has 6 nitrogen and oxygen atoms in total. The van der Waals surface area contributed by atoms with E-state index in [1.807, 2.05) is 47.4 Å². The number of anilines is 1. The van der Waals surface area contributed by atoms with Crippen LogP contribution in [0.1, 0.15) is 41.6 Å². The molecule has 2 aromatic carbocycles. The van der Waals surface area contributed by atoms with Gasteiger partial charge in [-0.2, -0.15) is 0 Å². The first kappa shape index (κ1) is 19.0. The highest BCUT2D eigenvalue weighted by Gasteiger charge is 2.49. The molecule has 2 aromatic rings. The summed E-state index contributed by atoms with van der Waals surface area (Å²) in [4.78, 5) is 27.7. The lowest BCUT2D eigenvalue weighted by Crippen LogP contribution is -2.48. The van der Waals surface area contributed by atoms with E-state index in [4.69, 9.17) is 9.47 Å². The molecule has 2 heterocycles. The topological polar surface area (TPSA) is 67.9 Å². The Morgan fingerprint density at radius 1 is 1.13 bits per heavy atom. The van der Waals surface area contributed by atoms with Gasteiger partial charge in [0, 0.05) is 30.4 Å². The fourth-order valence-corrected chi connectivity index (χ4v) is 4.54. The molecule has 2 fully saturated rings. The van der Waals surface area contributed by atoms with Crippen LogP contribution in [0.5, 0.6) is 11.5 Å². The number of hydrogen-bond donors (Lipinski definition) is 1. The van der Waals surface area contributed by atoms with Crippen LogP contribution in [-0.4, -0.2) is 43.5 Å². The smallest absolute Gasteiger partial charge is 0.253 e. The molecule has 2 amide bonds. The average molecular weight is 406 g/mol.